The molecule has 0 spiro atoms. The van der Waals surface area contributed by atoms with Crippen LogP contribution in [0.2, 0.25) is 0 Å². The van der Waals surface area contributed by atoms with Crippen molar-refractivity contribution in [2.75, 3.05) is 16.8 Å². The lowest BCUT2D eigenvalue weighted by molar-refractivity contribution is -0.152. The lowest BCUT2D eigenvalue weighted by Crippen LogP contribution is -2.52. The van der Waals surface area contributed by atoms with E-state index in [9.17, 15) is 19.6 Å². The van der Waals surface area contributed by atoms with Gasteiger partial charge in [0.1, 0.15) is 5.54 Å². The van der Waals surface area contributed by atoms with Gasteiger partial charge in [-0.1, -0.05) is 37.0 Å². The van der Waals surface area contributed by atoms with Crippen LogP contribution in [0.1, 0.15) is 50.2 Å². The number of esters is 1. The summed E-state index contributed by atoms with van der Waals surface area (Å²) < 4.78 is 5.16. The first-order valence-electron chi connectivity index (χ1n) is 10.1. The number of hydrogen-bond acceptors (Lipinski definition) is 6. The van der Waals surface area contributed by atoms with Gasteiger partial charge in [0.25, 0.3) is 5.91 Å². The topological polar surface area (TPSA) is 108 Å². The van der Waals surface area contributed by atoms with E-state index in [0.29, 0.717) is 12.8 Å². The van der Waals surface area contributed by atoms with Crippen LogP contribution in [-0.4, -0.2) is 40.9 Å². The highest BCUT2D eigenvalue weighted by Crippen LogP contribution is 2.27. The fraction of sp³-hybridized carbons (Fsp3) is 0.545. The van der Waals surface area contributed by atoms with Crippen LogP contribution in [0.3, 0.4) is 0 Å². The quantitative estimate of drug-likeness (QED) is 0.612. The van der Waals surface area contributed by atoms with E-state index in [2.05, 4.69) is 16.7 Å². The van der Waals surface area contributed by atoms with Crippen molar-refractivity contribution < 1.29 is 19.1 Å². The first kappa shape index (κ1) is 23.7. The summed E-state index contributed by atoms with van der Waals surface area (Å²) in [6.07, 6.45) is 3.07. The molecule has 1 atom stereocenters. The second kappa shape index (κ2) is 11.0. The highest BCUT2D eigenvalue weighted by molar-refractivity contribution is 8.00. The standard InChI is InChI=1S/C22H29N3O4S/c1-15-7-8-18(16(2)11-15)24-19(26)12-30-13-20(27)29-17(3)21(28)25-22(14-23)9-5-4-6-10-22/h7-8,11,17H,4-6,9-10,12-13H2,1-3H3,(H,24,26)(H,25,28). The molecule has 2 N–H and O–H groups in total. The molecule has 2 rings (SSSR count). The van der Waals surface area contributed by atoms with Crippen molar-refractivity contribution in [3.05, 3.63) is 29.3 Å². The van der Waals surface area contributed by atoms with Gasteiger partial charge < -0.3 is 15.4 Å². The van der Waals surface area contributed by atoms with E-state index >= 15 is 0 Å². The van der Waals surface area contributed by atoms with Crippen molar-refractivity contribution in [1.82, 2.24) is 5.32 Å². The summed E-state index contributed by atoms with van der Waals surface area (Å²) in [6, 6.07) is 7.96. The van der Waals surface area contributed by atoms with Gasteiger partial charge in [-0.2, -0.15) is 5.26 Å². The summed E-state index contributed by atoms with van der Waals surface area (Å²) in [5.41, 5.74) is 1.97. The smallest absolute Gasteiger partial charge is 0.316 e. The lowest BCUT2D eigenvalue weighted by atomic mass is 9.83. The van der Waals surface area contributed by atoms with Crippen LogP contribution >= 0.6 is 11.8 Å². The molecule has 1 aromatic carbocycles. The van der Waals surface area contributed by atoms with Gasteiger partial charge in [-0.25, -0.2) is 0 Å². The minimum Gasteiger partial charge on any atom is -0.452 e. The molecule has 1 aliphatic carbocycles. The number of hydrogen-bond donors (Lipinski definition) is 2. The predicted molar refractivity (Wildman–Crippen MR) is 117 cm³/mol. The zero-order valence-electron chi connectivity index (χ0n) is 17.7. The number of carbonyl (C=O) groups excluding carboxylic acids is 3. The fourth-order valence-corrected chi connectivity index (χ4v) is 4.00. The van der Waals surface area contributed by atoms with Crippen LogP contribution < -0.4 is 10.6 Å². The van der Waals surface area contributed by atoms with E-state index in [4.69, 9.17) is 4.74 Å². The molecular weight excluding hydrogens is 402 g/mol. The van der Waals surface area contributed by atoms with Crippen LogP contribution in [-0.2, 0) is 19.1 Å². The van der Waals surface area contributed by atoms with Gasteiger partial charge in [-0.15, -0.1) is 11.8 Å². The first-order valence-corrected chi connectivity index (χ1v) is 11.3. The Kier molecular flexibility index (Phi) is 8.72. The largest absolute Gasteiger partial charge is 0.452 e. The molecule has 162 valence electrons. The Morgan fingerprint density at radius 1 is 1.20 bits per heavy atom. The number of aryl methyl sites for hydroxylation is 2. The molecule has 0 bridgehead atoms. The third-order valence-corrected chi connectivity index (χ3v) is 5.98. The molecule has 1 saturated carbocycles. The summed E-state index contributed by atoms with van der Waals surface area (Å²) in [5, 5.41) is 15.0. The molecule has 8 heteroatoms. The molecule has 0 aromatic heterocycles. The Morgan fingerprint density at radius 2 is 1.90 bits per heavy atom. The minimum atomic E-state index is -0.991. The number of thioether (sulfide) groups is 1. The number of anilines is 1. The Hall–Kier alpha value is -2.53. The van der Waals surface area contributed by atoms with Gasteiger partial charge in [0, 0.05) is 5.69 Å². The van der Waals surface area contributed by atoms with E-state index in [0.717, 1.165) is 47.8 Å². The third-order valence-electron chi connectivity index (χ3n) is 5.07. The Morgan fingerprint density at radius 3 is 2.53 bits per heavy atom. The molecule has 1 fully saturated rings. The van der Waals surface area contributed by atoms with Gasteiger partial charge in [0.05, 0.1) is 17.6 Å². The SMILES string of the molecule is Cc1ccc(NC(=O)CSCC(=O)OC(C)C(=O)NC2(C#N)CCCCC2)c(C)c1. The average Bonchev–Trinajstić information content (AvgIpc) is 2.70. The number of benzene rings is 1. The molecule has 0 radical (unpaired) electrons. The zero-order chi connectivity index (χ0) is 22.1. The number of nitrogens with zero attached hydrogens (tertiary/aromatic N) is 1. The van der Waals surface area contributed by atoms with E-state index < -0.39 is 23.5 Å². The monoisotopic (exact) mass is 431 g/mol. The van der Waals surface area contributed by atoms with E-state index in [1.54, 1.807) is 0 Å². The normalized spacial score (nSPS) is 16.1. The summed E-state index contributed by atoms with van der Waals surface area (Å²) in [6.45, 7) is 5.39. The molecule has 1 aliphatic rings. The van der Waals surface area contributed by atoms with E-state index in [1.165, 1.54) is 6.92 Å². The second-order valence-electron chi connectivity index (χ2n) is 7.74. The summed E-state index contributed by atoms with van der Waals surface area (Å²) in [7, 11) is 0. The second-order valence-corrected chi connectivity index (χ2v) is 8.72. The Bertz CT molecular complexity index is 828. The maximum Gasteiger partial charge on any atom is 0.316 e. The molecule has 2 amide bonds. The Labute approximate surface area is 181 Å². The highest BCUT2D eigenvalue weighted by Gasteiger charge is 2.35. The lowest BCUT2D eigenvalue weighted by Gasteiger charge is -2.32. The van der Waals surface area contributed by atoms with Crippen molar-refractivity contribution in [3.63, 3.8) is 0 Å². The molecule has 0 aliphatic heterocycles. The summed E-state index contributed by atoms with van der Waals surface area (Å²) >= 11 is 1.12. The predicted octanol–water partition coefficient (Wildman–Crippen LogP) is 3.25. The molecule has 7 nitrogen and oxygen atoms in total. The summed E-state index contributed by atoms with van der Waals surface area (Å²) in [4.78, 5) is 36.4. The molecular formula is C22H29N3O4S. The van der Waals surface area contributed by atoms with Crippen LogP contribution in [0.25, 0.3) is 0 Å². The number of ether oxygens (including phenoxy) is 1. The molecule has 0 heterocycles. The number of rotatable bonds is 8. The Balaban J connectivity index is 1.72. The van der Waals surface area contributed by atoms with E-state index in [1.807, 2.05) is 32.0 Å². The maximum absolute atomic E-state index is 12.3. The van der Waals surface area contributed by atoms with Gasteiger partial charge in [-0.05, 0) is 45.2 Å². The average molecular weight is 432 g/mol. The van der Waals surface area contributed by atoms with Crippen LogP contribution in [0.4, 0.5) is 5.69 Å². The number of carbonyl (C=O) groups is 3. The molecule has 1 aromatic rings. The number of nitriles is 1. The molecule has 1 unspecified atom stereocenters. The van der Waals surface area contributed by atoms with Crippen molar-refractivity contribution >= 4 is 35.2 Å². The zero-order valence-corrected chi connectivity index (χ0v) is 18.6. The van der Waals surface area contributed by atoms with Gasteiger partial charge in [-0.3, -0.25) is 14.4 Å². The van der Waals surface area contributed by atoms with Crippen molar-refractivity contribution in [2.24, 2.45) is 0 Å². The minimum absolute atomic E-state index is 0.0404. The van der Waals surface area contributed by atoms with Gasteiger partial charge in [0.2, 0.25) is 5.91 Å². The van der Waals surface area contributed by atoms with Crippen molar-refractivity contribution in [2.45, 2.75) is 64.5 Å². The van der Waals surface area contributed by atoms with Crippen molar-refractivity contribution in [3.8, 4) is 6.07 Å². The van der Waals surface area contributed by atoms with Crippen LogP contribution in [0.5, 0.6) is 0 Å². The fourth-order valence-electron chi connectivity index (χ4n) is 3.41. The molecule has 0 saturated heterocycles. The van der Waals surface area contributed by atoms with Gasteiger partial charge >= 0.3 is 5.97 Å². The van der Waals surface area contributed by atoms with Crippen LogP contribution in [0.15, 0.2) is 18.2 Å². The van der Waals surface area contributed by atoms with Crippen molar-refractivity contribution in [1.29, 1.82) is 5.26 Å². The highest BCUT2D eigenvalue weighted by atomic mass is 32.2. The van der Waals surface area contributed by atoms with Gasteiger partial charge in [0.15, 0.2) is 6.10 Å². The summed E-state index contributed by atoms with van der Waals surface area (Å²) in [5.74, 6) is -1.19. The third kappa shape index (κ3) is 7.06. The van der Waals surface area contributed by atoms with Crippen LogP contribution in [0, 0.1) is 25.2 Å². The molecule has 30 heavy (non-hydrogen) atoms. The number of amides is 2. The van der Waals surface area contributed by atoms with E-state index in [-0.39, 0.29) is 17.4 Å². The first-order chi connectivity index (χ1) is 14.2. The maximum atomic E-state index is 12.3. The number of nitrogens with one attached hydrogen (secondary N) is 2.